The monoisotopic (exact) mass is 663 g/mol. The number of carboxylic acid groups (broad SMARTS) is 1. The van der Waals surface area contributed by atoms with Gasteiger partial charge in [0.15, 0.2) is 5.69 Å². The lowest BCUT2D eigenvalue weighted by Gasteiger charge is -2.52. The van der Waals surface area contributed by atoms with Crippen molar-refractivity contribution in [3.63, 3.8) is 0 Å². The number of carbonyl (C=O) groups is 1. The topological polar surface area (TPSA) is 117 Å². The summed E-state index contributed by atoms with van der Waals surface area (Å²) < 4.78 is 25.3. The Balaban J connectivity index is 0.948. The van der Waals surface area contributed by atoms with Gasteiger partial charge in [0.2, 0.25) is 0 Å². The van der Waals surface area contributed by atoms with E-state index in [4.69, 9.17) is 41.9 Å². The molecule has 5 aliphatic carbocycles. The minimum atomic E-state index is -1.07. The summed E-state index contributed by atoms with van der Waals surface area (Å²) in [5.41, 5.74) is 2.71. The molecule has 240 valence electrons. The second kappa shape index (κ2) is 11.7. The normalized spacial score (nSPS) is 24.2. The zero-order valence-corrected chi connectivity index (χ0v) is 26.9. The first-order valence-corrected chi connectivity index (χ1v) is 17.0. The fraction of sp³-hybridized carbons (Fsp3) is 0.486. The van der Waals surface area contributed by atoms with E-state index < -0.39 is 5.97 Å². The number of halogens is 2. The molecule has 9 rings (SSSR count). The number of ether oxygens (including phenoxy) is 3. The lowest BCUT2D eigenvalue weighted by Crippen LogP contribution is -2.49. The van der Waals surface area contributed by atoms with E-state index in [1.165, 1.54) is 6.07 Å². The molecule has 0 aliphatic heterocycles. The summed E-state index contributed by atoms with van der Waals surface area (Å²) in [6.45, 7) is 1.03. The highest BCUT2D eigenvalue weighted by Crippen LogP contribution is 2.55. The first-order valence-electron chi connectivity index (χ1n) is 16.2. The summed E-state index contributed by atoms with van der Waals surface area (Å²) in [5.74, 6) is 1.48. The molecule has 0 atom stereocenters. The van der Waals surface area contributed by atoms with E-state index >= 15 is 0 Å². The third kappa shape index (κ3) is 5.60. The average molecular weight is 665 g/mol. The summed E-state index contributed by atoms with van der Waals surface area (Å²) in [7, 11) is 0. The van der Waals surface area contributed by atoms with E-state index in [2.05, 4.69) is 15.1 Å². The Morgan fingerprint density at radius 3 is 2.39 bits per heavy atom. The van der Waals surface area contributed by atoms with Gasteiger partial charge < -0.3 is 23.8 Å². The minimum absolute atomic E-state index is 0.0153. The maximum Gasteiger partial charge on any atom is 0.354 e. The van der Waals surface area contributed by atoms with E-state index in [9.17, 15) is 9.90 Å². The Labute approximate surface area is 276 Å². The van der Waals surface area contributed by atoms with Crippen molar-refractivity contribution in [2.24, 2.45) is 5.41 Å². The molecule has 9 nitrogen and oxygen atoms in total. The van der Waals surface area contributed by atoms with Crippen molar-refractivity contribution in [2.75, 3.05) is 6.61 Å². The van der Waals surface area contributed by atoms with Crippen LogP contribution in [-0.4, -0.2) is 44.5 Å². The van der Waals surface area contributed by atoms with Crippen molar-refractivity contribution in [1.82, 2.24) is 15.1 Å². The molecule has 5 saturated carbocycles. The lowest BCUT2D eigenvalue weighted by atomic mass is 9.59. The third-order valence-corrected chi connectivity index (χ3v) is 11.1. The van der Waals surface area contributed by atoms with Crippen molar-refractivity contribution in [2.45, 2.75) is 94.9 Å². The van der Waals surface area contributed by atoms with Gasteiger partial charge in [-0.05, 0) is 88.8 Å². The first-order chi connectivity index (χ1) is 22.3. The number of aromatic carboxylic acids is 1. The summed E-state index contributed by atoms with van der Waals surface area (Å²) in [5, 5.41) is 15.6. The second-order valence-corrected chi connectivity index (χ2v) is 14.4. The minimum Gasteiger partial charge on any atom is -0.493 e. The van der Waals surface area contributed by atoms with Gasteiger partial charge in [-0.1, -0.05) is 28.4 Å². The Kier molecular flexibility index (Phi) is 7.61. The molecule has 11 heteroatoms. The molecular formula is C35H35Cl2N3O6. The zero-order valence-electron chi connectivity index (χ0n) is 25.4. The van der Waals surface area contributed by atoms with Crippen molar-refractivity contribution < 1.29 is 28.6 Å². The number of hydrogen-bond acceptors (Lipinski definition) is 8. The fourth-order valence-electron chi connectivity index (χ4n) is 7.22. The summed E-state index contributed by atoms with van der Waals surface area (Å²) in [4.78, 5) is 20.1. The highest BCUT2D eigenvalue weighted by atomic mass is 35.5. The highest BCUT2D eigenvalue weighted by molar-refractivity contribution is 6.38. The molecule has 0 radical (unpaired) electrons. The van der Waals surface area contributed by atoms with E-state index in [1.54, 1.807) is 12.4 Å². The SMILES string of the molecule is O=C(O)c1cc(OC2CCC2)c2cc(OCC34CCC(OCc5c(-c6c(Cl)cncc6Cl)noc5C5CC5)(CC3)CC4)ccc2n1. The van der Waals surface area contributed by atoms with Crippen LogP contribution in [0.1, 0.15) is 98.4 Å². The molecule has 1 aromatic carbocycles. The predicted molar refractivity (Wildman–Crippen MR) is 172 cm³/mol. The van der Waals surface area contributed by atoms with Gasteiger partial charge in [-0.15, -0.1) is 0 Å². The number of benzene rings is 1. The van der Waals surface area contributed by atoms with E-state index in [0.717, 1.165) is 93.1 Å². The van der Waals surface area contributed by atoms with Crippen LogP contribution in [0.3, 0.4) is 0 Å². The molecule has 3 heterocycles. The van der Waals surface area contributed by atoms with Crippen LogP contribution in [0.5, 0.6) is 11.5 Å². The number of fused-ring (bicyclic) bond motifs is 4. The summed E-state index contributed by atoms with van der Waals surface area (Å²) >= 11 is 13.0. The molecule has 5 fully saturated rings. The average Bonchev–Trinajstić information content (AvgIpc) is 3.81. The molecule has 1 N–H and O–H groups in total. The summed E-state index contributed by atoms with van der Waals surface area (Å²) in [6, 6.07) is 7.17. The predicted octanol–water partition coefficient (Wildman–Crippen LogP) is 8.79. The number of aromatic nitrogens is 3. The number of rotatable bonds is 11. The van der Waals surface area contributed by atoms with Crippen LogP contribution in [0.2, 0.25) is 10.0 Å². The molecule has 0 saturated heterocycles. The smallest absolute Gasteiger partial charge is 0.354 e. The van der Waals surface area contributed by atoms with Gasteiger partial charge in [0.05, 0.1) is 40.5 Å². The van der Waals surface area contributed by atoms with Crippen LogP contribution in [0.25, 0.3) is 22.2 Å². The van der Waals surface area contributed by atoms with Gasteiger partial charge in [0, 0.05) is 46.3 Å². The molecule has 4 aromatic rings. The highest BCUT2D eigenvalue weighted by Gasteiger charge is 2.50. The number of nitrogens with zero attached hydrogens (tertiary/aromatic N) is 3. The number of pyridine rings is 2. The van der Waals surface area contributed by atoms with Crippen LogP contribution in [0.4, 0.5) is 0 Å². The van der Waals surface area contributed by atoms with E-state index in [-0.39, 0.29) is 22.8 Å². The van der Waals surface area contributed by atoms with Crippen molar-refractivity contribution in [3.05, 3.63) is 63.7 Å². The molecule has 0 unspecified atom stereocenters. The molecule has 0 amide bonds. The Morgan fingerprint density at radius 1 is 1.00 bits per heavy atom. The van der Waals surface area contributed by atoms with Crippen LogP contribution in [-0.2, 0) is 11.3 Å². The molecule has 5 aliphatic rings. The lowest BCUT2D eigenvalue weighted by molar-refractivity contribution is -0.150. The van der Waals surface area contributed by atoms with Gasteiger partial charge in [0.25, 0.3) is 0 Å². The molecular weight excluding hydrogens is 629 g/mol. The van der Waals surface area contributed by atoms with Crippen LogP contribution in [0, 0.1) is 5.41 Å². The van der Waals surface area contributed by atoms with Gasteiger partial charge in [-0.25, -0.2) is 9.78 Å². The molecule has 46 heavy (non-hydrogen) atoms. The van der Waals surface area contributed by atoms with Crippen LogP contribution < -0.4 is 9.47 Å². The van der Waals surface area contributed by atoms with Crippen molar-refractivity contribution in [1.29, 1.82) is 0 Å². The maximum atomic E-state index is 11.7. The quantitative estimate of drug-likeness (QED) is 0.168. The second-order valence-electron chi connectivity index (χ2n) is 13.5. The van der Waals surface area contributed by atoms with Crippen molar-refractivity contribution in [3.8, 4) is 22.8 Å². The van der Waals surface area contributed by atoms with Crippen LogP contribution in [0.15, 0.2) is 41.2 Å². The van der Waals surface area contributed by atoms with Crippen LogP contribution >= 0.6 is 23.2 Å². The first kappa shape index (κ1) is 30.0. The number of carboxylic acids is 1. The fourth-order valence-corrected chi connectivity index (χ4v) is 7.77. The Bertz CT molecular complexity index is 1770. The molecule has 2 bridgehead atoms. The third-order valence-electron chi connectivity index (χ3n) is 10.6. The molecule has 3 aromatic heterocycles. The van der Waals surface area contributed by atoms with Gasteiger partial charge in [0.1, 0.15) is 23.0 Å². The van der Waals surface area contributed by atoms with Gasteiger partial charge in [-0.3, -0.25) is 4.98 Å². The Morgan fingerprint density at radius 2 is 1.74 bits per heavy atom. The van der Waals surface area contributed by atoms with Gasteiger partial charge in [-0.2, -0.15) is 0 Å². The Hall–Kier alpha value is -3.40. The maximum absolute atomic E-state index is 11.7. The van der Waals surface area contributed by atoms with E-state index in [0.29, 0.717) is 51.7 Å². The standard InChI is InChI=1S/C35H35Cl2N3O6/c36-25-16-38-17-26(37)30(25)31-24(32(46-40-31)20-4-5-20)18-44-35-11-8-34(9-12-35,10-13-35)19-43-22-6-7-27-23(14-22)29(45-21-2-1-3-21)15-28(39-27)33(41)42/h6-7,14-17,20-21H,1-5,8-13,18-19H2,(H,41,42). The zero-order chi connectivity index (χ0) is 31.5. The summed E-state index contributed by atoms with van der Waals surface area (Å²) in [6.07, 6.45) is 14.5. The van der Waals surface area contributed by atoms with E-state index in [1.807, 2.05) is 18.2 Å². The van der Waals surface area contributed by atoms with Gasteiger partial charge >= 0.3 is 5.97 Å². The molecule has 0 spiro atoms. The number of hydrogen-bond donors (Lipinski definition) is 1. The van der Waals surface area contributed by atoms with Crippen molar-refractivity contribution >= 4 is 40.1 Å². The largest absolute Gasteiger partial charge is 0.493 e.